The Morgan fingerprint density at radius 1 is 1.17 bits per heavy atom. The van der Waals surface area contributed by atoms with Crippen molar-refractivity contribution < 1.29 is 19.4 Å². The van der Waals surface area contributed by atoms with Gasteiger partial charge in [0.15, 0.2) is 0 Å². The third kappa shape index (κ3) is 6.68. The Kier molecular flexibility index (Phi) is 9.37. The van der Waals surface area contributed by atoms with Crippen molar-refractivity contribution in [2.75, 3.05) is 26.2 Å². The van der Waals surface area contributed by atoms with E-state index in [1.165, 1.54) is 19.4 Å². The molecule has 0 aromatic heterocycles. The lowest BCUT2D eigenvalue weighted by atomic mass is 9.98. The molecule has 7 heteroatoms. The number of likely N-dealkylation sites (tertiary alicyclic amines) is 2. The van der Waals surface area contributed by atoms with E-state index in [0.29, 0.717) is 12.6 Å². The smallest absolute Gasteiger partial charge is 0.407 e. The van der Waals surface area contributed by atoms with Crippen molar-refractivity contribution in [3.63, 3.8) is 0 Å². The third-order valence-electron chi connectivity index (χ3n) is 6.06. The molecular weight excluding hydrogens is 392 g/mol. The Bertz CT molecular complexity index is 628. The number of carbonyl (C=O) groups is 1. The zero-order valence-corrected chi connectivity index (χ0v) is 18.4. The number of ether oxygens (including phenoxy) is 2. The van der Waals surface area contributed by atoms with E-state index in [2.05, 4.69) is 11.8 Å². The van der Waals surface area contributed by atoms with Gasteiger partial charge in [-0.1, -0.05) is 6.92 Å². The van der Waals surface area contributed by atoms with Crippen molar-refractivity contribution in [3.8, 4) is 11.5 Å². The third-order valence-corrected chi connectivity index (χ3v) is 6.06. The highest BCUT2D eigenvalue weighted by Gasteiger charge is 2.31. The van der Waals surface area contributed by atoms with Crippen molar-refractivity contribution >= 4 is 18.5 Å². The van der Waals surface area contributed by atoms with Crippen molar-refractivity contribution in [1.82, 2.24) is 9.80 Å². The van der Waals surface area contributed by atoms with Crippen LogP contribution in [0.3, 0.4) is 0 Å². The molecule has 6 nitrogen and oxygen atoms in total. The second-order valence-corrected chi connectivity index (χ2v) is 8.00. The number of nitrogens with zero attached hydrogens (tertiary/aromatic N) is 2. The number of hydrogen-bond acceptors (Lipinski definition) is 4. The molecule has 1 aromatic carbocycles. The Morgan fingerprint density at radius 3 is 2.52 bits per heavy atom. The summed E-state index contributed by atoms with van der Waals surface area (Å²) in [7, 11) is 0. The van der Waals surface area contributed by atoms with Gasteiger partial charge in [-0.15, -0.1) is 12.4 Å². The Labute approximate surface area is 180 Å². The molecule has 1 N–H and O–H groups in total. The predicted molar refractivity (Wildman–Crippen MR) is 117 cm³/mol. The zero-order valence-electron chi connectivity index (χ0n) is 17.6. The van der Waals surface area contributed by atoms with E-state index >= 15 is 0 Å². The maximum absolute atomic E-state index is 11.3. The highest BCUT2D eigenvalue weighted by Crippen LogP contribution is 2.26. The highest BCUT2D eigenvalue weighted by atomic mass is 35.5. The summed E-state index contributed by atoms with van der Waals surface area (Å²) in [5.41, 5.74) is 0. The summed E-state index contributed by atoms with van der Waals surface area (Å²) in [6, 6.07) is 8.56. The van der Waals surface area contributed by atoms with Crippen LogP contribution in [0.5, 0.6) is 11.5 Å². The van der Waals surface area contributed by atoms with Crippen LogP contribution in [-0.2, 0) is 0 Å². The molecule has 3 atom stereocenters. The first-order valence-electron chi connectivity index (χ1n) is 10.7. The van der Waals surface area contributed by atoms with E-state index < -0.39 is 6.09 Å². The average Bonchev–Trinajstić information content (AvgIpc) is 3.11. The summed E-state index contributed by atoms with van der Waals surface area (Å²) in [6.45, 7) is 7.93. The fraction of sp³-hybridized carbons (Fsp3) is 0.682. The molecule has 2 aliphatic rings. The minimum absolute atomic E-state index is 0. The molecule has 29 heavy (non-hydrogen) atoms. The molecular formula is C22H35ClN2O4. The molecule has 2 unspecified atom stereocenters. The summed E-state index contributed by atoms with van der Waals surface area (Å²) in [4.78, 5) is 15.4. The number of amides is 1. The maximum Gasteiger partial charge on any atom is 0.407 e. The van der Waals surface area contributed by atoms with Gasteiger partial charge in [0.1, 0.15) is 17.6 Å². The maximum atomic E-state index is 11.3. The van der Waals surface area contributed by atoms with Crippen LogP contribution in [0, 0.1) is 0 Å². The molecule has 2 saturated heterocycles. The average molecular weight is 427 g/mol. The monoisotopic (exact) mass is 426 g/mol. The molecule has 1 amide bonds. The van der Waals surface area contributed by atoms with Crippen LogP contribution in [0.15, 0.2) is 24.3 Å². The first-order valence-corrected chi connectivity index (χ1v) is 10.7. The van der Waals surface area contributed by atoms with Crippen LogP contribution in [0.4, 0.5) is 4.79 Å². The molecule has 0 saturated carbocycles. The van der Waals surface area contributed by atoms with Crippen LogP contribution in [0.25, 0.3) is 0 Å². The molecule has 2 heterocycles. The Balaban J connectivity index is 0.00000300. The summed E-state index contributed by atoms with van der Waals surface area (Å²) >= 11 is 0. The summed E-state index contributed by atoms with van der Waals surface area (Å²) in [5.74, 6) is 1.69. The second-order valence-electron chi connectivity index (χ2n) is 8.00. The normalized spacial score (nSPS) is 24.8. The van der Waals surface area contributed by atoms with Gasteiger partial charge in [0.2, 0.25) is 0 Å². The summed E-state index contributed by atoms with van der Waals surface area (Å²) in [6.07, 6.45) is 5.21. The van der Waals surface area contributed by atoms with E-state index in [0.717, 1.165) is 50.3 Å². The molecule has 0 aliphatic carbocycles. The molecule has 0 radical (unpaired) electrons. The first-order chi connectivity index (χ1) is 13.6. The van der Waals surface area contributed by atoms with Gasteiger partial charge in [-0.2, -0.15) is 0 Å². The van der Waals surface area contributed by atoms with Crippen LogP contribution in [0.2, 0.25) is 0 Å². The minimum atomic E-state index is -0.828. The SMILES string of the molecule is CCC1CC(Oc2ccc(OCCCN3CCC[C@H]3C)cc2)CCN1C(=O)O.Cl. The molecule has 1 aromatic rings. The van der Waals surface area contributed by atoms with Crippen LogP contribution in [0.1, 0.15) is 52.4 Å². The lowest BCUT2D eigenvalue weighted by Crippen LogP contribution is -2.48. The number of benzene rings is 1. The lowest BCUT2D eigenvalue weighted by Gasteiger charge is -2.37. The number of halogens is 1. The number of rotatable bonds is 8. The Hall–Kier alpha value is -1.66. The molecule has 0 spiro atoms. The summed E-state index contributed by atoms with van der Waals surface area (Å²) in [5, 5.41) is 9.28. The van der Waals surface area contributed by atoms with Crippen molar-refractivity contribution in [2.45, 2.75) is 70.6 Å². The number of piperidine rings is 1. The van der Waals surface area contributed by atoms with Crippen LogP contribution >= 0.6 is 12.4 Å². The van der Waals surface area contributed by atoms with E-state index in [-0.39, 0.29) is 24.6 Å². The standard InChI is InChI=1S/C22H34N2O4.ClH/c1-3-18-16-21(11-14-24(18)22(25)26)28-20-9-7-19(8-10-20)27-15-5-13-23-12-4-6-17(23)2;/h7-10,17-18,21H,3-6,11-16H2,1-2H3,(H,25,26);1H/t17-,18?,21?;/m1./s1. The van der Waals surface area contributed by atoms with Gasteiger partial charge in [0.25, 0.3) is 0 Å². The summed E-state index contributed by atoms with van der Waals surface area (Å²) < 4.78 is 12.0. The number of carboxylic acid groups (broad SMARTS) is 1. The van der Waals surface area contributed by atoms with Gasteiger partial charge in [-0.25, -0.2) is 4.79 Å². The number of hydrogen-bond donors (Lipinski definition) is 1. The van der Waals surface area contributed by atoms with Gasteiger partial charge in [-0.05, 0) is 63.4 Å². The van der Waals surface area contributed by atoms with Crippen molar-refractivity contribution in [2.24, 2.45) is 0 Å². The Morgan fingerprint density at radius 2 is 1.90 bits per heavy atom. The van der Waals surface area contributed by atoms with Crippen molar-refractivity contribution in [1.29, 1.82) is 0 Å². The van der Waals surface area contributed by atoms with E-state index in [1.807, 2.05) is 31.2 Å². The molecule has 3 rings (SSSR count). The van der Waals surface area contributed by atoms with Gasteiger partial charge in [0.05, 0.1) is 6.61 Å². The van der Waals surface area contributed by atoms with Gasteiger partial charge in [-0.3, -0.25) is 0 Å². The van der Waals surface area contributed by atoms with Crippen LogP contribution < -0.4 is 9.47 Å². The highest BCUT2D eigenvalue weighted by molar-refractivity contribution is 5.85. The van der Waals surface area contributed by atoms with E-state index in [1.54, 1.807) is 4.90 Å². The minimum Gasteiger partial charge on any atom is -0.494 e. The van der Waals surface area contributed by atoms with Crippen LogP contribution in [-0.4, -0.2) is 65.4 Å². The molecule has 0 bridgehead atoms. The lowest BCUT2D eigenvalue weighted by molar-refractivity contribution is 0.0531. The first kappa shape index (κ1) is 23.6. The fourth-order valence-corrected chi connectivity index (χ4v) is 4.35. The molecule has 164 valence electrons. The van der Waals surface area contributed by atoms with Gasteiger partial charge >= 0.3 is 6.09 Å². The molecule has 2 fully saturated rings. The zero-order chi connectivity index (χ0) is 19.9. The largest absolute Gasteiger partial charge is 0.494 e. The van der Waals surface area contributed by atoms with E-state index in [4.69, 9.17) is 9.47 Å². The second kappa shape index (κ2) is 11.5. The molecule has 2 aliphatic heterocycles. The van der Waals surface area contributed by atoms with Gasteiger partial charge < -0.3 is 24.4 Å². The topological polar surface area (TPSA) is 62.2 Å². The van der Waals surface area contributed by atoms with Crippen molar-refractivity contribution in [3.05, 3.63) is 24.3 Å². The quantitative estimate of drug-likeness (QED) is 0.612. The van der Waals surface area contributed by atoms with Gasteiger partial charge in [0, 0.05) is 38.0 Å². The fourth-order valence-electron chi connectivity index (χ4n) is 4.35. The van der Waals surface area contributed by atoms with E-state index in [9.17, 15) is 9.90 Å². The predicted octanol–water partition coefficient (Wildman–Crippen LogP) is 4.66.